The average molecular weight is 336 g/mol. The minimum absolute atomic E-state index is 0.169. The standard InChI is InChI=1S/C15H11BrFNO2/c1-19-14-6-10(2-3-11(14)8-18)9-20-15-7-12(16)4-5-13(15)17/h2-7H,9H2,1H3. The molecule has 0 atom stereocenters. The minimum atomic E-state index is -0.422. The van der Waals surface area contributed by atoms with E-state index in [0.29, 0.717) is 11.3 Å². The molecular weight excluding hydrogens is 325 g/mol. The lowest BCUT2D eigenvalue weighted by Gasteiger charge is -2.09. The highest BCUT2D eigenvalue weighted by Crippen LogP contribution is 2.24. The lowest BCUT2D eigenvalue weighted by atomic mass is 10.1. The molecule has 0 unspecified atom stereocenters. The highest BCUT2D eigenvalue weighted by atomic mass is 79.9. The summed E-state index contributed by atoms with van der Waals surface area (Å²) in [5.74, 6) is 0.222. The summed E-state index contributed by atoms with van der Waals surface area (Å²) in [5, 5.41) is 8.90. The molecule has 2 aromatic carbocycles. The monoisotopic (exact) mass is 335 g/mol. The topological polar surface area (TPSA) is 42.2 Å². The number of benzene rings is 2. The number of hydrogen-bond donors (Lipinski definition) is 0. The van der Waals surface area contributed by atoms with Crippen LogP contribution in [0.25, 0.3) is 0 Å². The summed E-state index contributed by atoms with van der Waals surface area (Å²) in [7, 11) is 1.49. The van der Waals surface area contributed by atoms with Crippen molar-refractivity contribution in [3.8, 4) is 17.6 Å². The number of ether oxygens (including phenoxy) is 2. The van der Waals surface area contributed by atoms with Gasteiger partial charge in [-0.15, -0.1) is 0 Å². The van der Waals surface area contributed by atoms with Gasteiger partial charge in [-0.2, -0.15) is 5.26 Å². The Kier molecular flexibility index (Phi) is 4.59. The Labute approximate surface area is 124 Å². The predicted octanol–water partition coefficient (Wildman–Crippen LogP) is 4.05. The molecule has 20 heavy (non-hydrogen) atoms. The van der Waals surface area contributed by atoms with Crippen molar-refractivity contribution in [2.45, 2.75) is 6.61 Å². The Morgan fingerprint density at radius 1 is 1.20 bits per heavy atom. The molecular formula is C15H11BrFNO2. The molecule has 0 spiro atoms. The van der Waals surface area contributed by atoms with Crippen molar-refractivity contribution < 1.29 is 13.9 Å². The van der Waals surface area contributed by atoms with E-state index in [1.807, 2.05) is 6.07 Å². The van der Waals surface area contributed by atoms with Gasteiger partial charge in [-0.05, 0) is 35.9 Å². The number of methoxy groups -OCH3 is 1. The number of hydrogen-bond acceptors (Lipinski definition) is 3. The van der Waals surface area contributed by atoms with Crippen molar-refractivity contribution in [3.05, 3.63) is 57.8 Å². The smallest absolute Gasteiger partial charge is 0.165 e. The lowest BCUT2D eigenvalue weighted by Crippen LogP contribution is -1.99. The zero-order valence-corrected chi connectivity index (χ0v) is 12.3. The third-order valence-corrected chi connectivity index (χ3v) is 3.17. The molecule has 0 aliphatic carbocycles. The SMILES string of the molecule is COc1cc(COc2cc(Br)ccc2F)ccc1C#N. The third-order valence-electron chi connectivity index (χ3n) is 2.67. The number of nitriles is 1. The Hall–Kier alpha value is -2.06. The van der Waals surface area contributed by atoms with Crippen molar-refractivity contribution in [2.24, 2.45) is 0 Å². The van der Waals surface area contributed by atoms with Gasteiger partial charge in [0.15, 0.2) is 11.6 Å². The van der Waals surface area contributed by atoms with E-state index in [-0.39, 0.29) is 12.4 Å². The lowest BCUT2D eigenvalue weighted by molar-refractivity contribution is 0.289. The van der Waals surface area contributed by atoms with Crippen LogP contribution in [0.3, 0.4) is 0 Å². The fourth-order valence-electron chi connectivity index (χ4n) is 1.67. The van der Waals surface area contributed by atoms with E-state index >= 15 is 0 Å². The highest BCUT2D eigenvalue weighted by Gasteiger charge is 2.07. The molecule has 0 radical (unpaired) electrons. The molecule has 3 nitrogen and oxygen atoms in total. The zero-order chi connectivity index (χ0) is 14.5. The summed E-state index contributed by atoms with van der Waals surface area (Å²) >= 11 is 3.26. The molecule has 0 fully saturated rings. The second-order valence-corrected chi connectivity index (χ2v) is 4.93. The van der Waals surface area contributed by atoms with Crippen LogP contribution in [0.4, 0.5) is 4.39 Å². The van der Waals surface area contributed by atoms with E-state index in [1.165, 1.54) is 13.2 Å². The van der Waals surface area contributed by atoms with Crippen LogP contribution in [0.5, 0.6) is 11.5 Å². The largest absolute Gasteiger partial charge is 0.495 e. The molecule has 0 N–H and O–H groups in total. The number of rotatable bonds is 4. The molecule has 102 valence electrons. The van der Waals surface area contributed by atoms with Gasteiger partial charge in [0.2, 0.25) is 0 Å². The fourth-order valence-corrected chi connectivity index (χ4v) is 2.01. The Balaban J connectivity index is 2.15. The fraction of sp³-hybridized carbons (Fsp3) is 0.133. The summed E-state index contributed by atoms with van der Waals surface area (Å²) in [6, 6.07) is 11.6. The van der Waals surface area contributed by atoms with E-state index in [9.17, 15) is 4.39 Å². The van der Waals surface area contributed by atoms with E-state index in [0.717, 1.165) is 10.0 Å². The second-order valence-electron chi connectivity index (χ2n) is 4.01. The van der Waals surface area contributed by atoms with Gasteiger partial charge in [0, 0.05) is 4.47 Å². The van der Waals surface area contributed by atoms with Crippen LogP contribution >= 0.6 is 15.9 Å². The Bertz CT molecular complexity index is 667. The van der Waals surface area contributed by atoms with E-state index in [4.69, 9.17) is 14.7 Å². The first-order chi connectivity index (χ1) is 9.63. The van der Waals surface area contributed by atoms with Crippen LogP contribution in [-0.2, 0) is 6.61 Å². The zero-order valence-electron chi connectivity index (χ0n) is 10.7. The van der Waals surface area contributed by atoms with Crippen LogP contribution < -0.4 is 9.47 Å². The quantitative estimate of drug-likeness (QED) is 0.846. The van der Waals surface area contributed by atoms with Gasteiger partial charge in [0.1, 0.15) is 18.4 Å². The van der Waals surface area contributed by atoms with Gasteiger partial charge < -0.3 is 9.47 Å². The van der Waals surface area contributed by atoms with Crippen LogP contribution in [0.1, 0.15) is 11.1 Å². The van der Waals surface area contributed by atoms with Crippen LogP contribution in [0.15, 0.2) is 40.9 Å². The van der Waals surface area contributed by atoms with Gasteiger partial charge in [0.05, 0.1) is 12.7 Å². The van der Waals surface area contributed by atoms with Gasteiger partial charge in [0.25, 0.3) is 0 Å². The van der Waals surface area contributed by atoms with Crippen molar-refractivity contribution >= 4 is 15.9 Å². The maximum absolute atomic E-state index is 13.5. The molecule has 0 saturated heterocycles. The van der Waals surface area contributed by atoms with Gasteiger partial charge in [-0.3, -0.25) is 0 Å². The summed E-state index contributed by atoms with van der Waals surface area (Å²) in [5.41, 5.74) is 1.24. The maximum Gasteiger partial charge on any atom is 0.165 e. The number of nitrogens with zero attached hydrogens (tertiary/aromatic N) is 1. The molecule has 5 heteroatoms. The van der Waals surface area contributed by atoms with Crippen LogP contribution in [-0.4, -0.2) is 7.11 Å². The summed E-state index contributed by atoms with van der Waals surface area (Å²) in [6.07, 6.45) is 0. The summed E-state index contributed by atoms with van der Waals surface area (Å²) in [6.45, 7) is 0.190. The first-order valence-electron chi connectivity index (χ1n) is 5.79. The predicted molar refractivity (Wildman–Crippen MR) is 76.1 cm³/mol. The molecule has 2 rings (SSSR count). The maximum atomic E-state index is 13.5. The average Bonchev–Trinajstić information content (AvgIpc) is 2.47. The van der Waals surface area contributed by atoms with Gasteiger partial charge >= 0.3 is 0 Å². The summed E-state index contributed by atoms with van der Waals surface area (Å²) < 4.78 is 24.8. The summed E-state index contributed by atoms with van der Waals surface area (Å²) in [4.78, 5) is 0. The molecule has 0 aromatic heterocycles. The van der Waals surface area contributed by atoms with Crippen LogP contribution in [0, 0.1) is 17.1 Å². The second kappa shape index (κ2) is 6.40. The van der Waals surface area contributed by atoms with E-state index < -0.39 is 5.82 Å². The van der Waals surface area contributed by atoms with Crippen molar-refractivity contribution in [3.63, 3.8) is 0 Å². The molecule has 2 aromatic rings. The van der Waals surface area contributed by atoms with Crippen molar-refractivity contribution in [2.75, 3.05) is 7.11 Å². The molecule has 0 aliphatic rings. The van der Waals surface area contributed by atoms with E-state index in [1.54, 1.807) is 30.3 Å². The Morgan fingerprint density at radius 2 is 2.00 bits per heavy atom. The third kappa shape index (κ3) is 3.28. The van der Waals surface area contributed by atoms with Crippen molar-refractivity contribution in [1.29, 1.82) is 5.26 Å². The number of halogens is 2. The first kappa shape index (κ1) is 14.4. The molecule has 0 saturated carbocycles. The van der Waals surface area contributed by atoms with Gasteiger partial charge in [-0.1, -0.05) is 22.0 Å². The van der Waals surface area contributed by atoms with Crippen LogP contribution in [0.2, 0.25) is 0 Å². The molecule has 0 heterocycles. The van der Waals surface area contributed by atoms with Crippen molar-refractivity contribution in [1.82, 2.24) is 0 Å². The Morgan fingerprint density at radius 3 is 2.70 bits per heavy atom. The minimum Gasteiger partial charge on any atom is -0.495 e. The molecule has 0 bridgehead atoms. The highest BCUT2D eigenvalue weighted by molar-refractivity contribution is 9.10. The normalized spacial score (nSPS) is 9.90. The molecule has 0 aliphatic heterocycles. The van der Waals surface area contributed by atoms with E-state index in [2.05, 4.69) is 15.9 Å². The molecule has 0 amide bonds. The first-order valence-corrected chi connectivity index (χ1v) is 6.58. The van der Waals surface area contributed by atoms with Gasteiger partial charge in [-0.25, -0.2) is 4.39 Å².